The molecular weight excluding hydrogens is 944 g/mol. The van der Waals surface area contributed by atoms with Crippen molar-refractivity contribution in [3.8, 4) is 11.4 Å². The van der Waals surface area contributed by atoms with Gasteiger partial charge in [0.15, 0.2) is 16.0 Å². The molecule has 0 bridgehead atoms. The maximum atomic E-state index is 14.2. The number of carboxylic acid groups (broad SMARTS) is 1. The Morgan fingerprint density at radius 2 is 1.04 bits per heavy atom. The van der Waals surface area contributed by atoms with Crippen LogP contribution in [0, 0.1) is 23.3 Å². The molecule has 0 unspecified atom stereocenters. The number of carbonyl (C=O) groups excluding carboxylic acids is 1. The predicted octanol–water partition coefficient (Wildman–Crippen LogP) is 12.6. The molecule has 67 heavy (non-hydrogen) atoms. The van der Waals surface area contributed by atoms with Crippen LogP contribution < -0.4 is 5.32 Å². The summed E-state index contributed by atoms with van der Waals surface area (Å²) in [6, 6.07) is 40.0. The van der Waals surface area contributed by atoms with Crippen LogP contribution in [0.3, 0.4) is 0 Å². The van der Waals surface area contributed by atoms with E-state index in [9.17, 15) is 32.3 Å². The fourth-order valence-corrected chi connectivity index (χ4v) is 9.06. The third-order valence-electron chi connectivity index (χ3n) is 9.71. The SMILES string of the molecule is CN(Cc1ccccc1)C(=O)c1cnc(SCc2c(F)cccc2Cl)n1-c1ccc(F)cc1.CNCc1ccccc1.O=C(O)c1cnc(SCc2c(F)cccc2Cl)n1-c1ccc(F)cc1. The number of hydrogen-bond acceptors (Lipinski definition) is 7. The molecule has 2 aromatic heterocycles. The van der Waals surface area contributed by atoms with Crippen LogP contribution >= 0.6 is 46.7 Å². The van der Waals surface area contributed by atoms with Crippen molar-refractivity contribution in [2.75, 3.05) is 14.1 Å². The maximum absolute atomic E-state index is 14.2. The van der Waals surface area contributed by atoms with Gasteiger partial charge in [0, 0.05) is 64.2 Å². The summed E-state index contributed by atoms with van der Waals surface area (Å²) in [7, 11) is 3.66. The van der Waals surface area contributed by atoms with Gasteiger partial charge in [-0.1, -0.05) is 120 Å². The second-order valence-electron chi connectivity index (χ2n) is 14.4. The molecule has 8 aromatic rings. The van der Waals surface area contributed by atoms with E-state index in [2.05, 4.69) is 27.4 Å². The summed E-state index contributed by atoms with van der Waals surface area (Å²) in [5.41, 5.74) is 4.25. The average Bonchev–Trinajstić information content (AvgIpc) is 3.95. The van der Waals surface area contributed by atoms with Crippen molar-refractivity contribution in [1.82, 2.24) is 29.3 Å². The van der Waals surface area contributed by atoms with Crippen LogP contribution in [-0.2, 0) is 24.6 Å². The minimum atomic E-state index is -1.17. The maximum Gasteiger partial charge on any atom is 0.354 e. The van der Waals surface area contributed by atoms with E-state index in [-0.39, 0.29) is 33.9 Å². The molecule has 9 nitrogen and oxygen atoms in total. The van der Waals surface area contributed by atoms with E-state index in [1.807, 2.05) is 55.6 Å². The van der Waals surface area contributed by atoms with Gasteiger partial charge in [0.05, 0.1) is 12.4 Å². The topological polar surface area (TPSA) is 105 Å². The number of carboxylic acids is 1. The van der Waals surface area contributed by atoms with E-state index in [0.29, 0.717) is 50.1 Å². The van der Waals surface area contributed by atoms with Gasteiger partial charge in [-0.15, -0.1) is 0 Å². The number of aromatic carboxylic acids is 1. The first-order chi connectivity index (χ1) is 32.3. The standard InChI is InChI=1S/C25H20ClF2N3OS.C17H11ClF2N2O2S.C8H11N/c1-30(15-17-6-3-2-4-7-17)24(32)23-14-29-25(31(23)19-12-10-18(27)11-13-19)33-16-20-21(26)8-5-9-22(20)28;18-13-2-1-3-14(20)12(13)9-25-17-21-8-15(16(23)24)22(17)11-6-4-10(19)5-7-11;1-9-7-8-5-3-2-4-6-8/h2-14H,15-16H2,1H3;1-8H,9H2,(H,23,24);2-6,9H,7H2,1H3. The van der Waals surface area contributed by atoms with Crippen molar-refractivity contribution in [2.24, 2.45) is 0 Å². The lowest BCUT2D eigenvalue weighted by atomic mass is 10.2. The number of thioether (sulfide) groups is 2. The van der Waals surface area contributed by atoms with Crippen molar-refractivity contribution in [2.45, 2.75) is 34.9 Å². The molecule has 0 aliphatic rings. The molecule has 0 spiro atoms. The van der Waals surface area contributed by atoms with Gasteiger partial charge < -0.3 is 15.3 Å². The van der Waals surface area contributed by atoms with Crippen LogP contribution in [0.15, 0.2) is 168 Å². The lowest BCUT2D eigenvalue weighted by Gasteiger charge is -2.19. The molecule has 0 aliphatic heterocycles. The third-order valence-corrected chi connectivity index (χ3v) is 12.4. The first-order valence-electron chi connectivity index (χ1n) is 20.3. The Kier molecular flexibility index (Phi) is 18.2. The number of hydrogen-bond donors (Lipinski definition) is 2. The van der Waals surface area contributed by atoms with E-state index in [4.69, 9.17) is 23.2 Å². The molecule has 344 valence electrons. The van der Waals surface area contributed by atoms with Crippen molar-refractivity contribution in [3.05, 3.63) is 225 Å². The van der Waals surface area contributed by atoms with Crippen LogP contribution in [0.1, 0.15) is 43.2 Å². The second kappa shape index (κ2) is 24.4. The van der Waals surface area contributed by atoms with E-state index in [1.54, 1.807) is 46.8 Å². The van der Waals surface area contributed by atoms with E-state index < -0.39 is 23.4 Å². The summed E-state index contributed by atoms with van der Waals surface area (Å²) in [5.74, 6) is -2.71. The molecule has 0 radical (unpaired) electrons. The number of benzene rings is 6. The minimum Gasteiger partial charge on any atom is -0.477 e. The smallest absolute Gasteiger partial charge is 0.354 e. The number of amides is 1. The van der Waals surface area contributed by atoms with E-state index >= 15 is 0 Å². The van der Waals surface area contributed by atoms with Crippen molar-refractivity contribution in [3.63, 3.8) is 0 Å². The largest absolute Gasteiger partial charge is 0.477 e. The van der Waals surface area contributed by atoms with Crippen molar-refractivity contribution in [1.29, 1.82) is 0 Å². The highest BCUT2D eigenvalue weighted by Gasteiger charge is 2.23. The first kappa shape index (κ1) is 50.1. The summed E-state index contributed by atoms with van der Waals surface area (Å²) < 4.78 is 57.9. The van der Waals surface area contributed by atoms with Gasteiger partial charge in [0.1, 0.15) is 29.0 Å². The van der Waals surface area contributed by atoms with E-state index in [0.717, 1.165) is 23.9 Å². The summed E-state index contributed by atoms with van der Waals surface area (Å²) in [6.07, 6.45) is 2.69. The molecule has 8 rings (SSSR count). The Bertz CT molecular complexity index is 2850. The summed E-state index contributed by atoms with van der Waals surface area (Å²) in [5, 5.41) is 13.8. The predicted molar refractivity (Wildman–Crippen MR) is 257 cm³/mol. The highest BCUT2D eigenvalue weighted by molar-refractivity contribution is 7.98. The van der Waals surface area contributed by atoms with E-state index in [1.165, 1.54) is 88.9 Å². The van der Waals surface area contributed by atoms with Crippen LogP contribution in [0.25, 0.3) is 11.4 Å². The number of rotatable bonds is 14. The third kappa shape index (κ3) is 13.6. The summed E-state index contributed by atoms with van der Waals surface area (Å²) in [6.45, 7) is 1.38. The molecule has 2 N–H and O–H groups in total. The molecule has 0 saturated heterocycles. The highest BCUT2D eigenvalue weighted by atomic mass is 35.5. The van der Waals surface area contributed by atoms with Gasteiger partial charge in [-0.3, -0.25) is 13.9 Å². The summed E-state index contributed by atoms with van der Waals surface area (Å²) >= 11 is 14.6. The second-order valence-corrected chi connectivity index (χ2v) is 17.1. The van der Waals surface area contributed by atoms with Gasteiger partial charge in [0.2, 0.25) is 0 Å². The van der Waals surface area contributed by atoms with Crippen LogP contribution in [0.2, 0.25) is 10.0 Å². The zero-order chi connectivity index (χ0) is 47.9. The van der Waals surface area contributed by atoms with Crippen molar-refractivity contribution < 1.29 is 32.3 Å². The normalized spacial score (nSPS) is 10.7. The molecular formula is C50H42Cl2F4N6O3S2. The van der Waals surface area contributed by atoms with Gasteiger partial charge in [-0.05, 0) is 91.0 Å². The van der Waals surface area contributed by atoms with Crippen LogP contribution in [0.4, 0.5) is 17.6 Å². The number of halogens is 6. The Morgan fingerprint density at radius 1 is 0.612 bits per heavy atom. The zero-order valence-electron chi connectivity index (χ0n) is 35.9. The Hall–Kier alpha value is -6.36. The number of nitrogens with zero attached hydrogens (tertiary/aromatic N) is 5. The number of imidazole rings is 2. The number of aromatic nitrogens is 4. The molecule has 2 heterocycles. The number of carbonyl (C=O) groups is 2. The molecule has 6 aromatic carbocycles. The molecule has 0 atom stereocenters. The fourth-order valence-electron chi connectivity index (χ4n) is 6.39. The lowest BCUT2D eigenvalue weighted by Crippen LogP contribution is -2.28. The quantitative estimate of drug-likeness (QED) is 0.0820. The van der Waals surface area contributed by atoms with Gasteiger partial charge >= 0.3 is 5.97 Å². The zero-order valence-corrected chi connectivity index (χ0v) is 39.1. The highest BCUT2D eigenvalue weighted by Crippen LogP contribution is 2.32. The molecule has 0 aliphatic carbocycles. The van der Waals surface area contributed by atoms with Crippen molar-refractivity contribution >= 4 is 58.6 Å². The fraction of sp³-hybridized carbons (Fsp3) is 0.120. The Labute approximate surface area is 403 Å². The molecule has 1 amide bonds. The Balaban J connectivity index is 0.000000191. The van der Waals surface area contributed by atoms with Gasteiger partial charge in [-0.25, -0.2) is 32.3 Å². The average molecular weight is 986 g/mol. The molecule has 0 saturated carbocycles. The molecule has 17 heteroatoms. The minimum absolute atomic E-state index is 0.0752. The van der Waals surface area contributed by atoms with Gasteiger partial charge in [0.25, 0.3) is 5.91 Å². The first-order valence-corrected chi connectivity index (χ1v) is 23.1. The van der Waals surface area contributed by atoms with Crippen LogP contribution in [-0.4, -0.2) is 55.1 Å². The monoisotopic (exact) mass is 984 g/mol. The lowest BCUT2D eigenvalue weighted by molar-refractivity contribution is 0.0686. The molecule has 0 fully saturated rings. The number of nitrogens with one attached hydrogen (secondary N) is 1. The summed E-state index contributed by atoms with van der Waals surface area (Å²) in [4.78, 5) is 34.8. The van der Waals surface area contributed by atoms with Crippen LogP contribution in [0.5, 0.6) is 0 Å². The Morgan fingerprint density at radius 3 is 1.48 bits per heavy atom. The van der Waals surface area contributed by atoms with Gasteiger partial charge in [-0.2, -0.15) is 0 Å².